The highest BCUT2D eigenvalue weighted by Crippen LogP contribution is 2.62. The Kier molecular flexibility index (Phi) is 7.90. The fraction of sp³-hybridized carbons (Fsp3) is 0.548. The summed E-state index contributed by atoms with van der Waals surface area (Å²) >= 11 is 0. The molecule has 2 saturated carbocycles. The Hall–Kier alpha value is -3.26. The van der Waals surface area contributed by atoms with Crippen LogP contribution in [-0.2, 0) is 28.6 Å². The van der Waals surface area contributed by atoms with Crippen LogP contribution in [0.1, 0.15) is 64.7 Å². The molecule has 39 heavy (non-hydrogen) atoms. The van der Waals surface area contributed by atoms with Crippen molar-refractivity contribution in [1.29, 1.82) is 0 Å². The summed E-state index contributed by atoms with van der Waals surface area (Å²) in [6, 6.07) is 8.44. The molecule has 1 aromatic carbocycles. The van der Waals surface area contributed by atoms with E-state index in [0.29, 0.717) is 23.1 Å². The van der Waals surface area contributed by atoms with Gasteiger partial charge in [-0.05, 0) is 59.8 Å². The lowest BCUT2D eigenvalue weighted by Gasteiger charge is -2.39. The number of Topliss-reactive ketones (excluding diaryl/α,β-unsaturated/α-hetero) is 1. The molecule has 1 aromatic rings. The Morgan fingerprint density at radius 3 is 2.31 bits per heavy atom. The van der Waals surface area contributed by atoms with Crippen molar-refractivity contribution in [3.63, 3.8) is 0 Å². The molecule has 3 aliphatic carbocycles. The van der Waals surface area contributed by atoms with Crippen LogP contribution in [0.5, 0.6) is 0 Å². The number of hydrogen-bond acceptors (Lipinski definition) is 8. The molecule has 0 heterocycles. The van der Waals surface area contributed by atoms with Crippen LogP contribution in [0, 0.1) is 29.1 Å². The number of carbonyl (C=O) groups is 4. The lowest BCUT2D eigenvalue weighted by atomic mass is 9.77. The van der Waals surface area contributed by atoms with Crippen LogP contribution in [0.25, 0.3) is 0 Å². The number of hydrogen-bond donors (Lipinski definition) is 1. The van der Waals surface area contributed by atoms with Crippen molar-refractivity contribution in [1.82, 2.24) is 0 Å². The second kappa shape index (κ2) is 10.7. The SMILES string of the molecule is CC(=O)OC1/C(CO)=C\C[C@H]2[C@@H](/C=C(\C)C(=O)[C@@]3(OC(C)=O)C[C@H](C)[C@H](OC(=O)c4ccccc4)C13)C2(C)C. The summed E-state index contributed by atoms with van der Waals surface area (Å²) in [7, 11) is 0. The molecule has 0 radical (unpaired) electrons. The van der Waals surface area contributed by atoms with Gasteiger partial charge in [0.15, 0.2) is 5.60 Å². The monoisotopic (exact) mass is 538 g/mol. The van der Waals surface area contributed by atoms with Crippen molar-refractivity contribution in [3.05, 3.63) is 59.2 Å². The molecule has 0 saturated heterocycles. The van der Waals surface area contributed by atoms with Gasteiger partial charge in [-0.25, -0.2) is 4.79 Å². The number of allylic oxidation sites excluding steroid dienone is 2. The molecule has 210 valence electrons. The first-order valence-corrected chi connectivity index (χ1v) is 13.5. The minimum absolute atomic E-state index is 0.0575. The summed E-state index contributed by atoms with van der Waals surface area (Å²) in [6.07, 6.45) is 2.33. The molecule has 7 atom stereocenters. The van der Waals surface area contributed by atoms with Crippen LogP contribution in [0.2, 0.25) is 0 Å². The zero-order valence-electron chi connectivity index (χ0n) is 23.4. The Morgan fingerprint density at radius 2 is 1.72 bits per heavy atom. The highest BCUT2D eigenvalue weighted by Gasteiger charge is 2.65. The van der Waals surface area contributed by atoms with Gasteiger partial charge in [0.1, 0.15) is 12.2 Å². The molecule has 3 aliphatic rings. The Morgan fingerprint density at radius 1 is 1.05 bits per heavy atom. The summed E-state index contributed by atoms with van der Waals surface area (Å²) in [5.74, 6) is -3.53. The number of fused-ring (bicyclic) bond motifs is 2. The van der Waals surface area contributed by atoms with Gasteiger partial charge in [0.05, 0.1) is 18.1 Å². The maximum Gasteiger partial charge on any atom is 0.338 e. The quantitative estimate of drug-likeness (QED) is 0.337. The Bertz CT molecular complexity index is 1210. The average Bonchev–Trinajstić information content (AvgIpc) is 3.26. The van der Waals surface area contributed by atoms with E-state index >= 15 is 0 Å². The highest BCUT2D eigenvalue weighted by atomic mass is 16.6. The van der Waals surface area contributed by atoms with Crippen LogP contribution >= 0.6 is 0 Å². The van der Waals surface area contributed by atoms with E-state index in [0.717, 1.165) is 0 Å². The van der Waals surface area contributed by atoms with E-state index in [1.165, 1.54) is 13.8 Å². The first kappa shape index (κ1) is 28.7. The molecule has 4 rings (SSSR count). The summed E-state index contributed by atoms with van der Waals surface area (Å²) in [5, 5.41) is 10.5. The van der Waals surface area contributed by atoms with Gasteiger partial charge in [0.2, 0.25) is 5.78 Å². The van der Waals surface area contributed by atoms with Crippen molar-refractivity contribution in [2.75, 3.05) is 6.61 Å². The summed E-state index contributed by atoms with van der Waals surface area (Å²) in [4.78, 5) is 52.6. The number of aliphatic hydroxyl groups is 1. The molecule has 8 nitrogen and oxygen atoms in total. The van der Waals surface area contributed by atoms with Crippen molar-refractivity contribution in [2.45, 2.75) is 72.2 Å². The van der Waals surface area contributed by atoms with E-state index in [1.54, 1.807) is 37.3 Å². The predicted molar refractivity (Wildman–Crippen MR) is 142 cm³/mol. The van der Waals surface area contributed by atoms with E-state index < -0.39 is 59.9 Å². The smallest absolute Gasteiger partial charge is 0.338 e. The normalized spacial score (nSPS) is 36.0. The molecule has 1 N–H and O–H groups in total. The molecule has 0 aromatic heterocycles. The van der Waals surface area contributed by atoms with Gasteiger partial charge in [0.25, 0.3) is 0 Å². The van der Waals surface area contributed by atoms with Gasteiger partial charge in [-0.3, -0.25) is 14.4 Å². The number of rotatable bonds is 5. The zero-order chi connectivity index (χ0) is 28.7. The first-order valence-electron chi connectivity index (χ1n) is 13.5. The fourth-order valence-corrected chi connectivity index (χ4v) is 6.73. The molecule has 0 bridgehead atoms. The van der Waals surface area contributed by atoms with Gasteiger partial charge in [-0.15, -0.1) is 0 Å². The van der Waals surface area contributed by atoms with Crippen molar-refractivity contribution in [2.24, 2.45) is 29.1 Å². The molecular formula is C31H38O8. The molecule has 8 heteroatoms. The number of carbonyl (C=O) groups excluding carboxylic acids is 4. The number of ether oxygens (including phenoxy) is 3. The zero-order valence-corrected chi connectivity index (χ0v) is 23.4. The molecule has 2 unspecified atom stereocenters. The van der Waals surface area contributed by atoms with E-state index in [1.807, 2.05) is 19.1 Å². The highest BCUT2D eigenvalue weighted by molar-refractivity contribution is 6.03. The largest absolute Gasteiger partial charge is 0.458 e. The van der Waals surface area contributed by atoms with Crippen molar-refractivity contribution >= 4 is 23.7 Å². The average molecular weight is 539 g/mol. The molecule has 2 fully saturated rings. The number of benzene rings is 1. The van der Waals surface area contributed by atoms with Crippen LogP contribution < -0.4 is 0 Å². The maximum atomic E-state index is 14.4. The Labute approximate surface area is 229 Å². The second-order valence-electron chi connectivity index (χ2n) is 11.8. The molecular weight excluding hydrogens is 500 g/mol. The standard InChI is InChI=1S/C31H38O8/c1-17-14-24-23(30(24,5)6)13-12-22(16-32)27(37-19(3)33)25-26(38-29(36)21-10-8-7-9-11-21)18(2)15-31(25,28(17)35)39-20(4)34/h7-12,14,18,23-27,32H,13,15-16H2,1-6H3/b17-14+,22-12-/t18-,23-,24+,25?,26-,27?,31+/m0/s1. The fourth-order valence-electron chi connectivity index (χ4n) is 6.73. The lowest BCUT2D eigenvalue weighted by Crippen LogP contribution is -2.55. The van der Waals surface area contributed by atoms with E-state index in [9.17, 15) is 24.3 Å². The van der Waals surface area contributed by atoms with Gasteiger partial charge >= 0.3 is 17.9 Å². The minimum atomic E-state index is -1.78. The van der Waals surface area contributed by atoms with E-state index in [2.05, 4.69) is 13.8 Å². The number of esters is 3. The topological polar surface area (TPSA) is 116 Å². The van der Waals surface area contributed by atoms with Crippen molar-refractivity contribution in [3.8, 4) is 0 Å². The third kappa shape index (κ3) is 5.31. The first-order chi connectivity index (χ1) is 18.3. The van der Waals surface area contributed by atoms with Gasteiger partial charge < -0.3 is 19.3 Å². The van der Waals surface area contributed by atoms with Gasteiger partial charge in [-0.1, -0.05) is 51.1 Å². The van der Waals surface area contributed by atoms with Crippen LogP contribution in [0.15, 0.2) is 53.6 Å². The molecule has 0 aliphatic heterocycles. The number of ketones is 1. The van der Waals surface area contributed by atoms with Gasteiger partial charge in [-0.2, -0.15) is 0 Å². The minimum Gasteiger partial charge on any atom is -0.458 e. The summed E-state index contributed by atoms with van der Waals surface area (Å²) in [5.41, 5.74) is -0.702. The molecule has 0 amide bonds. The maximum absolute atomic E-state index is 14.4. The van der Waals surface area contributed by atoms with Gasteiger partial charge in [0, 0.05) is 20.3 Å². The summed E-state index contributed by atoms with van der Waals surface area (Å²) < 4.78 is 17.8. The predicted octanol–water partition coefficient (Wildman–Crippen LogP) is 4.21. The van der Waals surface area contributed by atoms with E-state index in [-0.39, 0.29) is 23.7 Å². The molecule has 0 spiro atoms. The van der Waals surface area contributed by atoms with E-state index in [4.69, 9.17) is 14.2 Å². The third-order valence-corrected chi connectivity index (χ3v) is 8.77. The van der Waals surface area contributed by atoms with Crippen molar-refractivity contribution < 1.29 is 38.5 Å². The second-order valence-corrected chi connectivity index (χ2v) is 11.8. The number of aliphatic hydroxyl groups excluding tert-OH is 1. The lowest BCUT2D eigenvalue weighted by molar-refractivity contribution is -0.179. The third-order valence-electron chi connectivity index (χ3n) is 8.77. The summed E-state index contributed by atoms with van der Waals surface area (Å²) in [6.45, 7) is 9.79. The Balaban J connectivity index is 1.91. The van der Waals surface area contributed by atoms with Crippen LogP contribution in [0.4, 0.5) is 0 Å². The van der Waals surface area contributed by atoms with Crippen LogP contribution in [0.3, 0.4) is 0 Å². The van der Waals surface area contributed by atoms with Crippen LogP contribution in [-0.4, -0.2) is 53.2 Å².